The molecule has 0 amide bonds. The Kier molecular flexibility index (Phi) is 7.08. The van der Waals surface area contributed by atoms with Crippen LogP contribution in [0, 0.1) is 0 Å². The van der Waals surface area contributed by atoms with Gasteiger partial charge >= 0.3 is 0 Å². The van der Waals surface area contributed by atoms with E-state index < -0.39 is 0 Å². The van der Waals surface area contributed by atoms with E-state index in [0.29, 0.717) is 22.9 Å². The van der Waals surface area contributed by atoms with Crippen LogP contribution >= 0.6 is 15.9 Å². The maximum atomic E-state index is 6.60. The fourth-order valence-electron chi connectivity index (χ4n) is 5.83. The van der Waals surface area contributed by atoms with E-state index in [2.05, 4.69) is 74.4 Å². The number of H-pyrrole nitrogens is 2. The van der Waals surface area contributed by atoms with Gasteiger partial charge < -0.3 is 19.4 Å². The minimum atomic E-state index is 0.560. The average molecular weight is 664 g/mol. The molecule has 0 saturated carbocycles. The van der Waals surface area contributed by atoms with Gasteiger partial charge in [-0.2, -0.15) is 0 Å². The van der Waals surface area contributed by atoms with Crippen molar-refractivity contribution in [2.24, 2.45) is 0 Å². The van der Waals surface area contributed by atoms with E-state index in [1.54, 1.807) is 7.11 Å². The predicted molar refractivity (Wildman–Crippen MR) is 190 cm³/mol. The van der Waals surface area contributed by atoms with E-state index in [-0.39, 0.29) is 0 Å². The second-order valence-electron chi connectivity index (χ2n) is 10.9. The van der Waals surface area contributed by atoms with Gasteiger partial charge in [0.1, 0.15) is 22.9 Å². The largest absolute Gasteiger partial charge is 0.497 e. The van der Waals surface area contributed by atoms with Crippen LogP contribution in [0.2, 0.25) is 0 Å². The Morgan fingerprint density at radius 3 is 1.41 bits per heavy atom. The Bertz CT molecular complexity index is 2180. The summed E-state index contributed by atoms with van der Waals surface area (Å²) in [6.45, 7) is 0. The summed E-state index contributed by atoms with van der Waals surface area (Å²) in [5.74, 6) is 1.97. The summed E-state index contributed by atoms with van der Waals surface area (Å²) in [4.78, 5) is 17.6. The standard InChI is InChI=1S/C39H27BrN4O2/c1-45-26-12-14-27(15-13-26)46-39-34-22-18-30(43-34)36(24-8-4-2-5-9-24)28-16-20-32(41-28)38(40)33-21-17-29(42-33)37(25-10-6-3-7-11-25)31-19-23-35(39)44-31/h2-23,41-42H,1H3. The van der Waals surface area contributed by atoms with Gasteiger partial charge in [-0.05, 0) is 99.9 Å². The highest BCUT2D eigenvalue weighted by Crippen LogP contribution is 2.38. The number of ether oxygens (including phenoxy) is 2. The molecule has 6 nitrogen and oxygen atoms in total. The number of halogens is 1. The Morgan fingerprint density at radius 1 is 0.500 bits per heavy atom. The van der Waals surface area contributed by atoms with Crippen LogP contribution in [0.3, 0.4) is 0 Å². The fourth-order valence-corrected chi connectivity index (χ4v) is 6.29. The topological polar surface area (TPSA) is 75.8 Å². The summed E-state index contributed by atoms with van der Waals surface area (Å²) in [7, 11) is 1.65. The van der Waals surface area contributed by atoms with Crippen LogP contribution in [0.5, 0.6) is 17.2 Å². The SMILES string of the molecule is COc1ccc(Oc2c3nc(c(-c4ccccc4)c4ccc([nH]4)c(Br)c4ccc([nH]4)c(-c4ccccc4)c4nc2C=C4)C=C3)cc1. The Hall–Kier alpha value is -5.66. The van der Waals surface area contributed by atoms with Crippen molar-refractivity contribution >= 4 is 62.3 Å². The number of nitrogens with zero attached hydrogens (tertiary/aromatic N) is 2. The van der Waals surface area contributed by atoms with Crippen molar-refractivity contribution in [3.63, 3.8) is 0 Å². The maximum absolute atomic E-state index is 6.60. The molecule has 0 unspecified atom stereocenters. The predicted octanol–water partition coefficient (Wildman–Crippen LogP) is 10.6. The van der Waals surface area contributed by atoms with Crippen LogP contribution in [0.4, 0.5) is 0 Å². The summed E-state index contributed by atoms with van der Waals surface area (Å²) >= 11 is 3.87. The number of hydrogen-bond donors (Lipinski definition) is 2. The molecule has 2 N–H and O–H groups in total. The number of methoxy groups -OCH3 is 1. The molecule has 2 aliphatic rings. The molecular weight excluding hydrogens is 636 g/mol. The maximum Gasteiger partial charge on any atom is 0.178 e. The van der Waals surface area contributed by atoms with Crippen LogP contribution in [0.1, 0.15) is 22.8 Å². The second kappa shape index (κ2) is 11.7. The third-order valence-corrected chi connectivity index (χ3v) is 8.90. The van der Waals surface area contributed by atoms with Crippen LogP contribution in [0.15, 0.2) is 114 Å². The summed E-state index contributed by atoms with van der Waals surface area (Å²) in [6.07, 6.45) is 8.06. The Morgan fingerprint density at radius 2 is 0.935 bits per heavy atom. The first kappa shape index (κ1) is 27.9. The summed E-state index contributed by atoms with van der Waals surface area (Å²) in [6, 6.07) is 36.5. The molecule has 0 fully saturated rings. The van der Waals surface area contributed by atoms with Gasteiger partial charge in [-0.25, -0.2) is 9.97 Å². The molecule has 6 aromatic rings. The first-order chi connectivity index (χ1) is 22.6. The molecular formula is C39H27BrN4O2. The zero-order valence-corrected chi connectivity index (χ0v) is 26.4. The highest BCUT2D eigenvalue weighted by atomic mass is 79.9. The van der Waals surface area contributed by atoms with Crippen LogP contribution in [-0.4, -0.2) is 27.0 Å². The lowest BCUT2D eigenvalue weighted by Gasteiger charge is -2.09. The van der Waals surface area contributed by atoms with Crippen molar-refractivity contribution in [1.82, 2.24) is 19.9 Å². The lowest BCUT2D eigenvalue weighted by Crippen LogP contribution is -1.93. The van der Waals surface area contributed by atoms with Gasteiger partial charge in [0.05, 0.1) is 34.0 Å². The third-order valence-electron chi connectivity index (χ3n) is 8.05. The number of aromatic nitrogens is 4. The van der Waals surface area contributed by atoms with Crippen molar-refractivity contribution in [2.75, 3.05) is 7.11 Å². The van der Waals surface area contributed by atoms with E-state index in [9.17, 15) is 0 Å². The second-order valence-corrected chi connectivity index (χ2v) is 11.7. The monoisotopic (exact) mass is 662 g/mol. The van der Waals surface area contributed by atoms with Gasteiger partial charge in [0.2, 0.25) is 0 Å². The van der Waals surface area contributed by atoms with Gasteiger partial charge in [-0.3, -0.25) is 0 Å². The van der Waals surface area contributed by atoms with E-state index in [1.807, 2.05) is 85.0 Å². The fraction of sp³-hybridized carbons (Fsp3) is 0.0256. The van der Waals surface area contributed by atoms with Gasteiger partial charge in [0.25, 0.3) is 0 Å². The molecule has 3 aromatic heterocycles. The van der Waals surface area contributed by atoms with Crippen molar-refractivity contribution in [3.8, 4) is 39.5 Å². The molecule has 2 aliphatic heterocycles. The molecule has 8 bridgehead atoms. The highest BCUT2D eigenvalue weighted by Gasteiger charge is 2.19. The van der Waals surface area contributed by atoms with E-state index >= 15 is 0 Å². The van der Waals surface area contributed by atoms with Crippen LogP contribution in [0.25, 0.3) is 68.6 Å². The first-order valence-electron chi connectivity index (χ1n) is 14.9. The minimum Gasteiger partial charge on any atom is -0.497 e. The molecule has 0 atom stereocenters. The molecule has 0 aliphatic carbocycles. The molecule has 3 aromatic carbocycles. The van der Waals surface area contributed by atoms with Gasteiger partial charge in [-0.15, -0.1) is 0 Å². The molecule has 46 heavy (non-hydrogen) atoms. The van der Waals surface area contributed by atoms with Crippen molar-refractivity contribution in [3.05, 3.63) is 136 Å². The number of benzene rings is 3. The molecule has 8 rings (SSSR count). The summed E-state index contributed by atoms with van der Waals surface area (Å²) < 4.78 is 12.9. The Balaban J connectivity index is 1.49. The number of fused-ring (bicyclic) bond motifs is 8. The quantitative estimate of drug-likeness (QED) is 0.192. The van der Waals surface area contributed by atoms with Gasteiger partial charge in [-0.1, -0.05) is 60.7 Å². The van der Waals surface area contributed by atoms with Crippen LogP contribution in [-0.2, 0) is 0 Å². The average Bonchev–Trinajstić information content (AvgIpc) is 3.93. The van der Waals surface area contributed by atoms with Crippen molar-refractivity contribution in [1.29, 1.82) is 0 Å². The minimum absolute atomic E-state index is 0.560. The van der Waals surface area contributed by atoms with E-state index in [1.165, 1.54) is 0 Å². The van der Waals surface area contributed by atoms with Crippen molar-refractivity contribution in [2.45, 2.75) is 0 Å². The lowest BCUT2D eigenvalue weighted by atomic mass is 10.0. The smallest absolute Gasteiger partial charge is 0.178 e. The molecule has 0 saturated heterocycles. The normalized spacial score (nSPS) is 12.0. The van der Waals surface area contributed by atoms with Gasteiger partial charge in [0, 0.05) is 22.2 Å². The molecule has 0 spiro atoms. The van der Waals surface area contributed by atoms with E-state index in [0.717, 1.165) is 65.9 Å². The zero-order chi connectivity index (χ0) is 31.0. The zero-order valence-electron chi connectivity index (χ0n) is 24.8. The van der Waals surface area contributed by atoms with Crippen molar-refractivity contribution < 1.29 is 9.47 Å². The highest BCUT2D eigenvalue weighted by molar-refractivity contribution is 9.10. The summed E-state index contributed by atoms with van der Waals surface area (Å²) in [5, 5.41) is 0. The van der Waals surface area contributed by atoms with E-state index in [4.69, 9.17) is 19.4 Å². The number of aromatic amines is 2. The third kappa shape index (κ3) is 5.10. The van der Waals surface area contributed by atoms with Gasteiger partial charge in [0.15, 0.2) is 5.75 Å². The first-order valence-corrected chi connectivity index (χ1v) is 15.7. The molecule has 222 valence electrons. The van der Waals surface area contributed by atoms with Crippen LogP contribution < -0.4 is 9.47 Å². The molecule has 5 heterocycles. The molecule has 7 heteroatoms. The number of hydrogen-bond acceptors (Lipinski definition) is 4. The number of nitrogens with one attached hydrogen (secondary N) is 2. The number of rotatable bonds is 5. The summed E-state index contributed by atoms with van der Waals surface area (Å²) in [5.41, 5.74) is 10.9. The Labute approximate surface area is 273 Å². The molecule has 0 radical (unpaired) electrons. The lowest BCUT2D eigenvalue weighted by molar-refractivity contribution is 0.412.